The number of H-pyrrole nitrogens is 1. The molecule has 110 valence electrons. The fraction of sp³-hybridized carbons (Fsp3) is 0.467. The maximum Gasteiger partial charge on any atom is 0.219 e. The molecule has 0 aliphatic carbocycles. The Hall–Kier alpha value is -2.24. The Bertz CT molecular complexity index is 651. The Morgan fingerprint density at radius 3 is 2.95 bits per heavy atom. The molecule has 1 saturated heterocycles. The first-order valence-corrected chi connectivity index (χ1v) is 7.23. The van der Waals surface area contributed by atoms with Gasteiger partial charge in [-0.25, -0.2) is 4.98 Å². The summed E-state index contributed by atoms with van der Waals surface area (Å²) >= 11 is 0. The summed E-state index contributed by atoms with van der Waals surface area (Å²) in [4.78, 5) is 22.4. The lowest BCUT2D eigenvalue weighted by atomic mass is 9.95. The number of nitrogens with zero attached hydrogens (tertiary/aromatic N) is 4. The highest BCUT2D eigenvalue weighted by molar-refractivity contribution is 5.73. The highest BCUT2D eigenvalue weighted by Gasteiger charge is 2.24. The van der Waals surface area contributed by atoms with Gasteiger partial charge in [0.1, 0.15) is 11.4 Å². The van der Waals surface area contributed by atoms with Crippen molar-refractivity contribution in [3.8, 4) is 11.4 Å². The number of aromatic nitrogens is 4. The molecule has 0 radical (unpaired) electrons. The van der Waals surface area contributed by atoms with Crippen LogP contribution >= 0.6 is 0 Å². The van der Waals surface area contributed by atoms with Crippen molar-refractivity contribution in [3.63, 3.8) is 0 Å². The number of carbonyl (C=O) groups excluding carboxylic acids is 1. The van der Waals surface area contributed by atoms with E-state index in [9.17, 15) is 4.79 Å². The molecule has 21 heavy (non-hydrogen) atoms. The number of likely N-dealkylation sites (tertiary alicyclic amines) is 1. The zero-order valence-corrected chi connectivity index (χ0v) is 12.3. The van der Waals surface area contributed by atoms with Crippen LogP contribution in [0.1, 0.15) is 37.1 Å². The third kappa shape index (κ3) is 2.94. The van der Waals surface area contributed by atoms with Crippen molar-refractivity contribution < 1.29 is 4.79 Å². The minimum Gasteiger partial charge on any atom is -0.342 e. The standard InChI is InChI=1S/C15H19N5O/c1-10-6-13(19-18-10)15-8-16-7-14(17-15)12-4-3-5-20(9-12)11(2)21/h6-8,12H,3-5,9H2,1-2H3,(H,18,19)/t12-/m0/s1. The molecule has 2 aromatic heterocycles. The number of piperidine rings is 1. The van der Waals surface area contributed by atoms with E-state index in [4.69, 9.17) is 4.98 Å². The van der Waals surface area contributed by atoms with Crippen LogP contribution in [0.5, 0.6) is 0 Å². The first-order valence-electron chi connectivity index (χ1n) is 7.23. The van der Waals surface area contributed by atoms with Gasteiger partial charge in [-0.05, 0) is 25.8 Å². The summed E-state index contributed by atoms with van der Waals surface area (Å²) in [6.07, 6.45) is 5.58. The Morgan fingerprint density at radius 1 is 1.38 bits per heavy atom. The zero-order chi connectivity index (χ0) is 14.8. The minimum atomic E-state index is 0.131. The van der Waals surface area contributed by atoms with Crippen molar-refractivity contribution in [2.24, 2.45) is 0 Å². The van der Waals surface area contributed by atoms with Crippen LogP contribution in [0.3, 0.4) is 0 Å². The Balaban J connectivity index is 1.84. The number of carbonyl (C=O) groups is 1. The lowest BCUT2D eigenvalue weighted by molar-refractivity contribution is -0.130. The van der Waals surface area contributed by atoms with Gasteiger partial charge in [0.05, 0.1) is 11.9 Å². The second-order valence-corrected chi connectivity index (χ2v) is 5.57. The lowest BCUT2D eigenvalue weighted by Crippen LogP contribution is -2.37. The Kier molecular flexibility index (Phi) is 3.68. The molecule has 1 aliphatic heterocycles. The Morgan fingerprint density at radius 2 is 2.24 bits per heavy atom. The first kappa shape index (κ1) is 13.7. The van der Waals surface area contributed by atoms with E-state index in [-0.39, 0.29) is 11.8 Å². The molecule has 1 amide bonds. The fourth-order valence-corrected chi connectivity index (χ4v) is 2.75. The molecule has 0 bridgehead atoms. The molecule has 6 nitrogen and oxygen atoms in total. The van der Waals surface area contributed by atoms with Crippen LogP contribution in [-0.2, 0) is 4.79 Å². The summed E-state index contributed by atoms with van der Waals surface area (Å²) in [5.41, 5.74) is 3.52. The van der Waals surface area contributed by atoms with Gasteiger partial charge in [0.25, 0.3) is 0 Å². The maximum absolute atomic E-state index is 11.5. The summed E-state index contributed by atoms with van der Waals surface area (Å²) < 4.78 is 0. The van der Waals surface area contributed by atoms with Crippen molar-refractivity contribution in [2.75, 3.05) is 13.1 Å². The van der Waals surface area contributed by atoms with Gasteiger partial charge in [0, 0.05) is 37.8 Å². The smallest absolute Gasteiger partial charge is 0.219 e. The van der Waals surface area contributed by atoms with Crippen LogP contribution in [0.15, 0.2) is 18.5 Å². The van der Waals surface area contributed by atoms with E-state index in [2.05, 4.69) is 15.2 Å². The average molecular weight is 285 g/mol. The van der Waals surface area contributed by atoms with E-state index in [0.717, 1.165) is 48.7 Å². The number of nitrogens with one attached hydrogen (secondary N) is 1. The van der Waals surface area contributed by atoms with Gasteiger partial charge in [0.2, 0.25) is 5.91 Å². The highest BCUT2D eigenvalue weighted by Crippen LogP contribution is 2.26. The third-order valence-electron chi connectivity index (χ3n) is 3.91. The van der Waals surface area contributed by atoms with Crippen molar-refractivity contribution in [3.05, 3.63) is 29.8 Å². The quantitative estimate of drug-likeness (QED) is 0.914. The van der Waals surface area contributed by atoms with Gasteiger partial charge < -0.3 is 4.90 Å². The topological polar surface area (TPSA) is 74.8 Å². The van der Waals surface area contributed by atoms with E-state index in [1.54, 1.807) is 19.3 Å². The second kappa shape index (κ2) is 5.63. The molecule has 0 saturated carbocycles. The largest absolute Gasteiger partial charge is 0.342 e. The van der Waals surface area contributed by atoms with Gasteiger partial charge >= 0.3 is 0 Å². The normalized spacial score (nSPS) is 18.8. The summed E-state index contributed by atoms with van der Waals surface area (Å²) in [7, 11) is 0. The molecule has 0 unspecified atom stereocenters. The SMILES string of the molecule is CC(=O)N1CCC[C@H](c2cncc(-c3cc(C)[nH]n3)n2)C1. The van der Waals surface area contributed by atoms with Gasteiger partial charge in [-0.1, -0.05) is 0 Å². The minimum absolute atomic E-state index is 0.131. The fourth-order valence-electron chi connectivity index (χ4n) is 2.75. The van der Waals surface area contributed by atoms with E-state index in [1.165, 1.54) is 0 Å². The van der Waals surface area contributed by atoms with Crippen LogP contribution in [0, 0.1) is 6.92 Å². The number of amides is 1. The first-order chi connectivity index (χ1) is 10.1. The molecular weight excluding hydrogens is 266 g/mol. The van der Waals surface area contributed by atoms with Crippen LogP contribution in [0.4, 0.5) is 0 Å². The van der Waals surface area contributed by atoms with Crippen LogP contribution < -0.4 is 0 Å². The number of aryl methyl sites for hydroxylation is 1. The maximum atomic E-state index is 11.5. The van der Waals surface area contributed by atoms with Crippen molar-refractivity contribution in [1.82, 2.24) is 25.1 Å². The van der Waals surface area contributed by atoms with Crippen molar-refractivity contribution in [1.29, 1.82) is 0 Å². The lowest BCUT2D eigenvalue weighted by Gasteiger charge is -2.31. The molecule has 3 heterocycles. The molecule has 1 aliphatic rings. The van der Waals surface area contributed by atoms with E-state index in [0.29, 0.717) is 0 Å². The Labute approximate surface area is 123 Å². The van der Waals surface area contributed by atoms with Crippen LogP contribution in [-0.4, -0.2) is 44.1 Å². The van der Waals surface area contributed by atoms with Crippen molar-refractivity contribution in [2.45, 2.75) is 32.6 Å². The molecule has 6 heteroatoms. The second-order valence-electron chi connectivity index (χ2n) is 5.57. The number of hydrogen-bond donors (Lipinski definition) is 1. The molecule has 3 rings (SSSR count). The molecule has 1 atom stereocenters. The summed E-state index contributed by atoms with van der Waals surface area (Å²) in [6.45, 7) is 5.15. The van der Waals surface area contributed by atoms with E-state index < -0.39 is 0 Å². The molecule has 2 aromatic rings. The van der Waals surface area contributed by atoms with Gasteiger partial charge in [-0.3, -0.25) is 14.9 Å². The molecule has 1 fully saturated rings. The van der Waals surface area contributed by atoms with Crippen LogP contribution in [0.2, 0.25) is 0 Å². The van der Waals surface area contributed by atoms with Crippen molar-refractivity contribution >= 4 is 5.91 Å². The van der Waals surface area contributed by atoms with Gasteiger partial charge in [-0.15, -0.1) is 0 Å². The highest BCUT2D eigenvalue weighted by atomic mass is 16.2. The summed E-state index contributed by atoms with van der Waals surface area (Å²) in [5.74, 6) is 0.391. The number of rotatable bonds is 2. The number of aromatic amines is 1. The molecule has 0 aromatic carbocycles. The molecule has 0 spiro atoms. The zero-order valence-electron chi connectivity index (χ0n) is 12.3. The predicted molar refractivity (Wildman–Crippen MR) is 78.6 cm³/mol. The summed E-state index contributed by atoms with van der Waals surface area (Å²) in [6, 6.07) is 1.95. The third-order valence-corrected chi connectivity index (χ3v) is 3.91. The summed E-state index contributed by atoms with van der Waals surface area (Å²) in [5, 5.41) is 7.14. The molecule has 1 N–H and O–H groups in total. The van der Waals surface area contributed by atoms with Gasteiger partial charge in [-0.2, -0.15) is 5.10 Å². The van der Waals surface area contributed by atoms with Gasteiger partial charge in [0.15, 0.2) is 0 Å². The van der Waals surface area contributed by atoms with E-state index >= 15 is 0 Å². The predicted octanol–water partition coefficient (Wildman–Crippen LogP) is 1.90. The molecular formula is C15H19N5O. The average Bonchev–Trinajstić information content (AvgIpc) is 2.94. The number of hydrogen-bond acceptors (Lipinski definition) is 4. The van der Waals surface area contributed by atoms with Crippen LogP contribution in [0.25, 0.3) is 11.4 Å². The van der Waals surface area contributed by atoms with E-state index in [1.807, 2.05) is 17.9 Å². The monoisotopic (exact) mass is 285 g/mol.